The van der Waals surface area contributed by atoms with Crippen LogP contribution in [0, 0.1) is 0 Å². The normalized spacial score (nSPS) is 16.6. The van der Waals surface area contributed by atoms with Crippen molar-refractivity contribution in [2.24, 2.45) is 0 Å². The predicted octanol–water partition coefficient (Wildman–Crippen LogP) is 4.91. The van der Waals surface area contributed by atoms with Crippen LogP contribution in [0.15, 0.2) is 30.5 Å². The fourth-order valence-electron chi connectivity index (χ4n) is 3.06. The molecule has 1 saturated carbocycles. The van der Waals surface area contributed by atoms with Gasteiger partial charge in [-0.25, -0.2) is 0 Å². The predicted molar refractivity (Wildman–Crippen MR) is 84.8 cm³/mol. The Balaban J connectivity index is 1.96. The second-order valence-corrected chi connectivity index (χ2v) is 6.12. The number of rotatable bonds is 3. The van der Waals surface area contributed by atoms with E-state index in [0.717, 1.165) is 30.4 Å². The average Bonchev–Trinajstić information content (AvgIpc) is 2.74. The molecule has 21 heavy (non-hydrogen) atoms. The number of hydrogen-bond acceptors (Lipinski definition) is 2. The zero-order chi connectivity index (χ0) is 14.7. The van der Waals surface area contributed by atoms with Crippen molar-refractivity contribution >= 4 is 17.9 Å². The number of benzene rings is 1. The highest BCUT2D eigenvalue weighted by Crippen LogP contribution is 2.30. The fourth-order valence-corrected chi connectivity index (χ4v) is 3.25. The lowest BCUT2D eigenvalue weighted by Crippen LogP contribution is -2.08. The molecular formula is C17H19ClN2O. The topological polar surface area (TPSA) is 34.9 Å². The Morgan fingerprint density at radius 2 is 1.95 bits per heavy atom. The first-order valence-corrected chi connectivity index (χ1v) is 7.96. The third kappa shape index (κ3) is 3.18. The molecule has 0 aliphatic heterocycles. The van der Waals surface area contributed by atoms with Crippen LogP contribution in [-0.2, 0) is 0 Å². The summed E-state index contributed by atoms with van der Waals surface area (Å²) in [6.07, 6.45) is 10.2. The largest absolute Gasteiger partial charge is 0.298 e. The van der Waals surface area contributed by atoms with Crippen molar-refractivity contribution in [3.8, 4) is 11.3 Å². The number of nitrogens with zero attached hydrogens (tertiary/aromatic N) is 2. The SMILES string of the molecule is O=Cc1cn(C2CCCCCC2)nc1-c1cccc(Cl)c1. The zero-order valence-corrected chi connectivity index (χ0v) is 12.7. The van der Waals surface area contributed by atoms with E-state index < -0.39 is 0 Å². The molecule has 3 nitrogen and oxygen atoms in total. The summed E-state index contributed by atoms with van der Waals surface area (Å²) in [6.45, 7) is 0. The molecular weight excluding hydrogens is 284 g/mol. The van der Waals surface area contributed by atoms with Crippen molar-refractivity contribution in [2.45, 2.75) is 44.6 Å². The highest BCUT2D eigenvalue weighted by atomic mass is 35.5. The van der Waals surface area contributed by atoms with E-state index >= 15 is 0 Å². The molecule has 0 radical (unpaired) electrons. The van der Waals surface area contributed by atoms with Crippen LogP contribution in [0.3, 0.4) is 0 Å². The molecule has 0 amide bonds. The molecule has 1 aromatic carbocycles. The summed E-state index contributed by atoms with van der Waals surface area (Å²) in [7, 11) is 0. The Kier molecular flexibility index (Phi) is 4.39. The van der Waals surface area contributed by atoms with Crippen molar-refractivity contribution in [1.29, 1.82) is 0 Å². The number of aldehydes is 1. The van der Waals surface area contributed by atoms with Crippen LogP contribution in [0.4, 0.5) is 0 Å². The molecule has 0 spiro atoms. The van der Waals surface area contributed by atoms with Gasteiger partial charge >= 0.3 is 0 Å². The lowest BCUT2D eigenvalue weighted by Gasteiger charge is -2.14. The molecule has 0 saturated heterocycles. The van der Waals surface area contributed by atoms with Crippen LogP contribution in [0.5, 0.6) is 0 Å². The quantitative estimate of drug-likeness (QED) is 0.596. The lowest BCUT2D eigenvalue weighted by molar-refractivity contribution is 0.112. The molecule has 4 heteroatoms. The van der Waals surface area contributed by atoms with Gasteiger partial charge in [-0.15, -0.1) is 0 Å². The Bertz CT molecular complexity index is 627. The Hall–Kier alpha value is -1.61. The van der Waals surface area contributed by atoms with Crippen LogP contribution in [0.25, 0.3) is 11.3 Å². The molecule has 2 aromatic rings. The lowest BCUT2D eigenvalue weighted by atomic mass is 10.1. The van der Waals surface area contributed by atoms with Crippen LogP contribution in [0.1, 0.15) is 54.9 Å². The van der Waals surface area contributed by atoms with Gasteiger partial charge in [-0.1, -0.05) is 49.4 Å². The standard InChI is InChI=1S/C17H19ClN2O/c18-15-7-5-6-13(10-15)17-14(12-21)11-20(19-17)16-8-3-1-2-4-9-16/h5-7,10-12,16H,1-4,8-9H2. The molecule has 0 atom stereocenters. The third-order valence-corrected chi connectivity index (χ3v) is 4.42. The molecule has 110 valence electrons. The molecule has 0 bridgehead atoms. The van der Waals surface area contributed by atoms with E-state index in [1.807, 2.05) is 35.1 Å². The van der Waals surface area contributed by atoms with E-state index in [4.69, 9.17) is 11.6 Å². The van der Waals surface area contributed by atoms with Crippen LogP contribution in [0.2, 0.25) is 5.02 Å². The van der Waals surface area contributed by atoms with Gasteiger partial charge in [0.25, 0.3) is 0 Å². The molecule has 0 N–H and O–H groups in total. The molecule has 3 rings (SSSR count). The molecule has 1 fully saturated rings. The first kappa shape index (κ1) is 14.3. The zero-order valence-electron chi connectivity index (χ0n) is 12.0. The van der Waals surface area contributed by atoms with Gasteiger partial charge in [0.15, 0.2) is 6.29 Å². The molecule has 0 unspecified atom stereocenters. The van der Waals surface area contributed by atoms with Crippen LogP contribution < -0.4 is 0 Å². The number of carbonyl (C=O) groups excluding carboxylic acids is 1. The van der Waals surface area contributed by atoms with Gasteiger partial charge in [-0.2, -0.15) is 5.10 Å². The van der Waals surface area contributed by atoms with E-state index in [-0.39, 0.29) is 0 Å². The highest BCUT2D eigenvalue weighted by Gasteiger charge is 2.18. The van der Waals surface area contributed by atoms with Crippen molar-refractivity contribution in [3.05, 3.63) is 41.0 Å². The van der Waals surface area contributed by atoms with E-state index in [0.29, 0.717) is 16.6 Å². The van der Waals surface area contributed by atoms with Gasteiger partial charge in [-0.05, 0) is 25.0 Å². The van der Waals surface area contributed by atoms with Crippen molar-refractivity contribution in [3.63, 3.8) is 0 Å². The van der Waals surface area contributed by atoms with E-state index in [1.165, 1.54) is 25.7 Å². The third-order valence-electron chi connectivity index (χ3n) is 4.18. The Morgan fingerprint density at radius 1 is 1.19 bits per heavy atom. The van der Waals surface area contributed by atoms with E-state index in [9.17, 15) is 4.79 Å². The first-order valence-electron chi connectivity index (χ1n) is 7.58. The second kappa shape index (κ2) is 6.44. The fraction of sp³-hybridized carbons (Fsp3) is 0.412. The maximum Gasteiger partial charge on any atom is 0.153 e. The minimum Gasteiger partial charge on any atom is -0.298 e. The Morgan fingerprint density at radius 3 is 2.62 bits per heavy atom. The van der Waals surface area contributed by atoms with Crippen molar-refractivity contribution < 1.29 is 4.79 Å². The second-order valence-electron chi connectivity index (χ2n) is 5.69. The summed E-state index contributed by atoms with van der Waals surface area (Å²) in [5.74, 6) is 0. The van der Waals surface area contributed by atoms with Gasteiger partial charge in [0.1, 0.15) is 5.69 Å². The minimum atomic E-state index is 0.416. The minimum absolute atomic E-state index is 0.416. The van der Waals surface area contributed by atoms with Crippen LogP contribution >= 0.6 is 11.6 Å². The van der Waals surface area contributed by atoms with Gasteiger partial charge in [0.2, 0.25) is 0 Å². The molecule has 1 aromatic heterocycles. The maximum atomic E-state index is 11.4. The average molecular weight is 303 g/mol. The summed E-state index contributed by atoms with van der Waals surface area (Å²) in [4.78, 5) is 11.4. The molecule has 1 aliphatic carbocycles. The molecule has 1 aliphatic rings. The monoisotopic (exact) mass is 302 g/mol. The number of halogens is 1. The summed E-state index contributed by atoms with van der Waals surface area (Å²) in [6, 6.07) is 7.93. The van der Waals surface area contributed by atoms with Crippen LogP contribution in [-0.4, -0.2) is 16.1 Å². The van der Waals surface area contributed by atoms with Crippen molar-refractivity contribution in [1.82, 2.24) is 9.78 Å². The van der Waals surface area contributed by atoms with Gasteiger partial charge < -0.3 is 0 Å². The number of aromatic nitrogens is 2. The summed E-state index contributed by atoms with van der Waals surface area (Å²) in [5, 5.41) is 5.35. The van der Waals surface area contributed by atoms with Gasteiger partial charge in [0, 0.05) is 16.8 Å². The smallest absolute Gasteiger partial charge is 0.153 e. The van der Waals surface area contributed by atoms with E-state index in [2.05, 4.69) is 5.10 Å². The number of hydrogen-bond donors (Lipinski definition) is 0. The first-order chi connectivity index (χ1) is 10.3. The van der Waals surface area contributed by atoms with Gasteiger partial charge in [-0.3, -0.25) is 9.48 Å². The summed E-state index contributed by atoms with van der Waals surface area (Å²) >= 11 is 6.04. The molecule has 1 heterocycles. The highest BCUT2D eigenvalue weighted by molar-refractivity contribution is 6.30. The summed E-state index contributed by atoms with van der Waals surface area (Å²) in [5.41, 5.74) is 2.27. The number of carbonyl (C=O) groups is 1. The summed E-state index contributed by atoms with van der Waals surface area (Å²) < 4.78 is 1.99. The maximum absolute atomic E-state index is 11.4. The van der Waals surface area contributed by atoms with Crippen molar-refractivity contribution in [2.75, 3.05) is 0 Å². The Labute approximate surface area is 129 Å². The van der Waals surface area contributed by atoms with E-state index in [1.54, 1.807) is 0 Å². The van der Waals surface area contributed by atoms with Gasteiger partial charge in [0.05, 0.1) is 11.6 Å².